The minimum absolute atomic E-state index is 0.0636. The predicted molar refractivity (Wildman–Crippen MR) is 124 cm³/mol. The number of rotatable bonds is 9. The van der Waals surface area contributed by atoms with Crippen LogP contribution in [0.3, 0.4) is 0 Å². The van der Waals surface area contributed by atoms with Gasteiger partial charge < -0.3 is 19.5 Å². The van der Waals surface area contributed by atoms with Crippen LogP contribution in [-0.4, -0.2) is 38.8 Å². The van der Waals surface area contributed by atoms with E-state index in [2.05, 4.69) is 5.32 Å². The van der Waals surface area contributed by atoms with Crippen LogP contribution in [0.4, 0.5) is 5.69 Å². The molecule has 2 aromatic carbocycles. The van der Waals surface area contributed by atoms with Gasteiger partial charge in [0.05, 0.1) is 21.3 Å². The Kier molecular flexibility index (Phi) is 7.66. The van der Waals surface area contributed by atoms with Crippen LogP contribution in [0.25, 0.3) is 0 Å². The number of hydrogen-bond acceptors (Lipinski definition) is 6. The second-order valence-electron chi connectivity index (χ2n) is 7.60. The highest BCUT2D eigenvalue weighted by molar-refractivity contribution is 6.23. The molecule has 0 unspecified atom stereocenters. The number of ether oxygens (including phenoxy) is 3. The Morgan fingerprint density at radius 1 is 0.848 bits per heavy atom. The third-order valence-corrected chi connectivity index (χ3v) is 5.49. The lowest BCUT2D eigenvalue weighted by atomic mass is 9.88. The van der Waals surface area contributed by atoms with E-state index in [9.17, 15) is 14.4 Å². The van der Waals surface area contributed by atoms with Crippen molar-refractivity contribution in [3.8, 4) is 5.75 Å². The summed E-state index contributed by atoms with van der Waals surface area (Å²) in [7, 11) is 4.26. The van der Waals surface area contributed by atoms with Gasteiger partial charge in [0.1, 0.15) is 5.75 Å². The number of Topliss-reactive ketones (excluding diaryl/α,β-unsaturated/α-hetero) is 2. The molecule has 172 valence electrons. The van der Waals surface area contributed by atoms with E-state index >= 15 is 0 Å². The number of aryl methyl sites for hydroxylation is 1. The molecule has 0 fully saturated rings. The number of ketones is 2. The molecular weight excluding hydrogens is 422 g/mol. The van der Waals surface area contributed by atoms with Crippen molar-refractivity contribution in [2.45, 2.75) is 26.2 Å². The average molecular weight is 450 g/mol. The fourth-order valence-electron chi connectivity index (χ4n) is 3.61. The average Bonchev–Trinajstić information content (AvgIpc) is 2.83. The summed E-state index contributed by atoms with van der Waals surface area (Å²) in [6.07, 6.45) is 1.20. The van der Waals surface area contributed by atoms with Gasteiger partial charge in [-0.05, 0) is 36.6 Å². The maximum Gasteiger partial charge on any atom is 0.228 e. The fraction of sp³-hybridized carbons (Fsp3) is 0.269. The first-order valence-electron chi connectivity index (χ1n) is 10.5. The van der Waals surface area contributed by atoms with Crippen molar-refractivity contribution in [1.29, 1.82) is 0 Å². The number of carbonyl (C=O) groups is 3. The monoisotopic (exact) mass is 449 g/mol. The summed E-state index contributed by atoms with van der Waals surface area (Å²) < 4.78 is 15.4. The standard InChI is InChI=1S/C26H27NO6/c1-16-21(24(30)26(33-4)25(32-3)23(16)29)14-18-10-8-17(9-11-18)12-13-22(28)27-19-6-5-7-20(15-19)31-2/h5-11,15H,12-14H2,1-4H3,(H,27,28). The lowest BCUT2D eigenvalue weighted by molar-refractivity contribution is -0.121. The molecule has 0 radical (unpaired) electrons. The minimum Gasteiger partial charge on any atom is -0.497 e. The van der Waals surface area contributed by atoms with Crippen LogP contribution in [0.1, 0.15) is 24.5 Å². The van der Waals surface area contributed by atoms with Crippen molar-refractivity contribution in [1.82, 2.24) is 0 Å². The molecule has 1 aliphatic carbocycles. The first-order chi connectivity index (χ1) is 15.9. The van der Waals surface area contributed by atoms with Crippen molar-refractivity contribution < 1.29 is 28.6 Å². The first-order valence-corrected chi connectivity index (χ1v) is 10.5. The molecule has 0 saturated heterocycles. The van der Waals surface area contributed by atoms with Gasteiger partial charge in [-0.3, -0.25) is 14.4 Å². The van der Waals surface area contributed by atoms with Crippen molar-refractivity contribution in [3.63, 3.8) is 0 Å². The van der Waals surface area contributed by atoms with E-state index < -0.39 is 0 Å². The smallest absolute Gasteiger partial charge is 0.228 e. The molecule has 0 atom stereocenters. The Bertz CT molecular complexity index is 1130. The molecule has 0 aromatic heterocycles. The van der Waals surface area contributed by atoms with E-state index in [0.29, 0.717) is 41.8 Å². The molecule has 2 aromatic rings. The summed E-state index contributed by atoms with van der Waals surface area (Å²) in [4.78, 5) is 37.6. The van der Waals surface area contributed by atoms with Gasteiger partial charge in [0.15, 0.2) is 0 Å². The number of methoxy groups -OCH3 is 3. The Hall–Kier alpha value is -3.87. The van der Waals surface area contributed by atoms with Gasteiger partial charge in [-0.25, -0.2) is 0 Å². The maximum atomic E-state index is 12.8. The van der Waals surface area contributed by atoms with Gasteiger partial charge in [-0.15, -0.1) is 0 Å². The molecule has 7 nitrogen and oxygen atoms in total. The van der Waals surface area contributed by atoms with E-state index in [1.807, 2.05) is 42.5 Å². The number of amides is 1. The summed E-state index contributed by atoms with van der Waals surface area (Å²) in [5.74, 6) is -0.230. The number of hydrogen-bond donors (Lipinski definition) is 1. The molecular formula is C26H27NO6. The zero-order valence-corrected chi connectivity index (χ0v) is 19.2. The van der Waals surface area contributed by atoms with Gasteiger partial charge in [0.25, 0.3) is 0 Å². The van der Waals surface area contributed by atoms with Crippen LogP contribution in [0, 0.1) is 0 Å². The third-order valence-electron chi connectivity index (χ3n) is 5.49. The summed E-state index contributed by atoms with van der Waals surface area (Å²) in [6, 6.07) is 14.8. The van der Waals surface area contributed by atoms with Crippen LogP contribution < -0.4 is 10.1 Å². The molecule has 1 amide bonds. The molecule has 7 heteroatoms. The van der Waals surface area contributed by atoms with Crippen LogP contribution >= 0.6 is 0 Å². The number of nitrogens with one attached hydrogen (secondary N) is 1. The lowest BCUT2D eigenvalue weighted by Gasteiger charge is -2.20. The number of carbonyl (C=O) groups excluding carboxylic acids is 3. The zero-order valence-electron chi connectivity index (χ0n) is 19.2. The molecule has 0 heterocycles. The fourth-order valence-corrected chi connectivity index (χ4v) is 3.61. The molecule has 0 bridgehead atoms. The van der Waals surface area contributed by atoms with Gasteiger partial charge in [-0.2, -0.15) is 0 Å². The normalized spacial score (nSPS) is 13.8. The van der Waals surface area contributed by atoms with Crippen molar-refractivity contribution in [2.24, 2.45) is 0 Å². The van der Waals surface area contributed by atoms with Crippen molar-refractivity contribution in [2.75, 3.05) is 26.6 Å². The summed E-state index contributed by atoms with van der Waals surface area (Å²) in [6.45, 7) is 1.62. The van der Waals surface area contributed by atoms with Crippen molar-refractivity contribution in [3.05, 3.63) is 82.3 Å². The Morgan fingerprint density at radius 3 is 2.12 bits per heavy atom. The molecule has 33 heavy (non-hydrogen) atoms. The summed E-state index contributed by atoms with van der Waals surface area (Å²) >= 11 is 0. The molecule has 1 aliphatic rings. The Labute approximate surface area is 193 Å². The molecule has 3 rings (SSSR count). The molecule has 0 spiro atoms. The number of benzene rings is 2. The van der Waals surface area contributed by atoms with Gasteiger partial charge >= 0.3 is 0 Å². The highest BCUT2D eigenvalue weighted by atomic mass is 16.5. The van der Waals surface area contributed by atoms with E-state index in [1.54, 1.807) is 20.1 Å². The largest absolute Gasteiger partial charge is 0.497 e. The SMILES string of the molecule is COC1=C(OC)C(=O)C(Cc2ccc(CCC(=O)Nc3cccc(OC)c3)cc2)=C(C)C1=O. The highest BCUT2D eigenvalue weighted by Gasteiger charge is 2.34. The Balaban J connectivity index is 1.61. The lowest BCUT2D eigenvalue weighted by Crippen LogP contribution is -2.26. The quantitative estimate of drug-likeness (QED) is 0.586. The Morgan fingerprint density at radius 2 is 1.48 bits per heavy atom. The van der Waals surface area contributed by atoms with E-state index in [1.165, 1.54) is 14.2 Å². The van der Waals surface area contributed by atoms with E-state index in [-0.39, 0.29) is 29.0 Å². The van der Waals surface area contributed by atoms with Gasteiger partial charge in [0.2, 0.25) is 29.0 Å². The topological polar surface area (TPSA) is 90.9 Å². The number of allylic oxidation sites excluding steroid dienone is 2. The summed E-state index contributed by atoms with van der Waals surface area (Å²) in [5, 5.41) is 2.86. The second-order valence-corrected chi connectivity index (χ2v) is 7.60. The predicted octanol–water partition coefficient (Wildman–Crippen LogP) is 3.78. The summed E-state index contributed by atoms with van der Waals surface area (Å²) in [5.41, 5.74) is 3.31. The first kappa shape index (κ1) is 23.8. The third kappa shape index (κ3) is 5.49. The maximum absolute atomic E-state index is 12.8. The minimum atomic E-state index is -0.345. The molecule has 0 saturated carbocycles. The molecule has 1 N–H and O–H groups in total. The molecule has 0 aliphatic heterocycles. The van der Waals surface area contributed by atoms with Crippen LogP contribution in [0.2, 0.25) is 0 Å². The zero-order chi connectivity index (χ0) is 24.0. The van der Waals surface area contributed by atoms with E-state index in [4.69, 9.17) is 14.2 Å². The van der Waals surface area contributed by atoms with Crippen LogP contribution in [0.15, 0.2) is 71.2 Å². The van der Waals surface area contributed by atoms with E-state index in [0.717, 1.165) is 11.1 Å². The second kappa shape index (κ2) is 10.6. The number of anilines is 1. The van der Waals surface area contributed by atoms with Gasteiger partial charge in [0, 0.05) is 35.7 Å². The van der Waals surface area contributed by atoms with Crippen LogP contribution in [0.5, 0.6) is 5.75 Å². The highest BCUT2D eigenvalue weighted by Crippen LogP contribution is 2.28. The van der Waals surface area contributed by atoms with Crippen LogP contribution in [-0.2, 0) is 36.7 Å². The van der Waals surface area contributed by atoms with Gasteiger partial charge in [-0.1, -0.05) is 30.3 Å². The van der Waals surface area contributed by atoms with Crippen molar-refractivity contribution >= 4 is 23.2 Å².